The van der Waals surface area contributed by atoms with Crippen LogP contribution < -0.4 is 5.32 Å². The molecule has 1 rings (SSSR count). The van der Waals surface area contributed by atoms with E-state index in [1.165, 1.54) is 5.75 Å². The van der Waals surface area contributed by atoms with Crippen LogP contribution in [0.4, 0.5) is 0 Å². The summed E-state index contributed by atoms with van der Waals surface area (Å²) in [6.07, 6.45) is 0. The molecular formula is C12H25NS. The summed E-state index contributed by atoms with van der Waals surface area (Å²) >= 11 is 2.10. The predicted octanol–water partition coefficient (Wildman–Crippen LogP) is 3.36. The number of hydrogen-bond donors (Lipinski definition) is 1. The summed E-state index contributed by atoms with van der Waals surface area (Å²) in [6.45, 7) is 14.0. The van der Waals surface area contributed by atoms with Crippen molar-refractivity contribution in [2.45, 2.75) is 52.5 Å². The molecule has 2 heteroatoms. The van der Waals surface area contributed by atoms with Crippen molar-refractivity contribution in [1.82, 2.24) is 5.32 Å². The highest BCUT2D eigenvalue weighted by molar-refractivity contribution is 8.00. The van der Waals surface area contributed by atoms with Crippen molar-refractivity contribution in [3.8, 4) is 0 Å². The Kier molecular flexibility index (Phi) is 3.93. The van der Waals surface area contributed by atoms with Gasteiger partial charge in [-0.2, -0.15) is 0 Å². The van der Waals surface area contributed by atoms with Gasteiger partial charge in [-0.1, -0.05) is 27.7 Å². The molecular weight excluding hydrogens is 190 g/mol. The Morgan fingerprint density at radius 3 is 1.93 bits per heavy atom. The molecule has 0 aliphatic carbocycles. The van der Waals surface area contributed by atoms with Crippen LogP contribution in [0.25, 0.3) is 0 Å². The molecule has 1 aliphatic heterocycles. The highest BCUT2D eigenvalue weighted by Crippen LogP contribution is 2.37. The first-order chi connectivity index (χ1) is 6.33. The van der Waals surface area contributed by atoms with Crippen LogP contribution in [-0.4, -0.2) is 16.7 Å². The van der Waals surface area contributed by atoms with Crippen LogP contribution in [0.15, 0.2) is 0 Å². The summed E-state index contributed by atoms with van der Waals surface area (Å²) in [5.74, 6) is 3.58. The quantitative estimate of drug-likeness (QED) is 0.775. The molecule has 1 atom stereocenters. The maximum absolute atomic E-state index is 3.76. The third-order valence-electron chi connectivity index (χ3n) is 3.05. The molecule has 0 spiro atoms. The molecule has 0 radical (unpaired) electrons. The molecule has 0 aromatic heterocycles. The summed E-state index contributed by atoms with van der Waals surface area (Å²) in [7, 11) is 0. The van der Waals surface area contributed by atoms with Gasteiger partial charge in [-0.25, -0.2) is 0 Å². The molecule has 14 heavy (non-hydrogen) atoms. The highest BCUT2D eigenvalue weighted by Gasteiger charge is 2.37. The van der Waals surface area contributed by atoms with Crippen LogP contribution in [0.5, 0.6) is 0 Å². The first-order valence-corrected chi connectivity index (χ1v) is 6.77. The Morgan fingerprint density at radius 1 is 1.14 bits per heavy atom. The predicted molar refractivity (Wildman–Crippen MR) is 66.6 cm³/mol. The van der Waals surface area contributed by atoms with E-state index in [1.54, 1.807) is 0 Å². The normalized spacial score (nSPS) is 26.8. The summed E-state index contributed by atoms with van der Waals surface area (Å²) in [6, 6.07) is 0. The van der Waals surface area contributed by atoms with E-state index < -0.39 is 0 Å². The van der Waals surface area contributed by atoms with Gasteiger partial charge in [-0.3, -0.25) is 5.32 Å². The maximum atomic E-state index is 3.76. The van der Waals surface area contributed by atoms with Crippen LogP contribution >= 0.6 is 11.8 Å². The van der Waals surface area contributed by atoms with Crippen LogP contribution in [0.1, 0.15) is 41.5 Å². The van der Waals surface area contributed by atoms with Crippen molar-refractivity contribution < 1.29 is 0 Å². The lowest BCUT2D eigenvalue weighted by atomic mass is 9.85. The van der Waals surface area contributed by atoms with Crippen LogP contribution in [-0.2, 0) is 0 Å². The Hall–Kier alpha value is 0.310. The molecule has 1 fully saturated rings. The van der Waals surface area contributed by atoms with Gasteiger partial charge in [0.25, 0.3) is 0 Å². The second kappa shape index (κ2) is 4.44. The minimum Gasteiger partial charge on any atom is -0.299 e. The number of rotatable bonds is 3. The third-order valence-corrected chi connectivity index (χ3v) is 4.73. The molecule has 1 nitrogen and oxygen atoms in total. The van der Waals surface area contributed by atoms with E-state index in [2.05, 4.69) is 58.6 Å². The van der Waals surface area contributed by atoms with Gasteiger partial charge in [0, 0.05) is 11.3 Å². The first-order valence-electron chi connectivity index (χ1n) is 5.73. The molecule has 1 aliphatic rings. The third kappa shape index (κ3) is 2.90. The molecule has 0 saturated carbocycles. The van der Waals surface area contributed by atoms with Crippen molar-refractivity contribution in [2.75, 3.05) is 5.75 Å². The summed E-state index contributed by atoms with van der Waals surface area (Å²) in [5, 5.41) is 4.41. The fourth-order valence-corrected chi connectivity index (χ4v) is 4.38. The van der Waals surface area contributed by atoms with Crippen molar-refractivity contribution >= 4 is 11.8 Å². The lowest BCUT2D eigenvalue weighted by molar-refractivity contribution is 0.243. The Morgan fingerprint density at radius 2 is 1.64 bits per heavy atom. The second-order valence-electron chi connectivity index (χ2n) is 5.83. The zero-order valence-electron chi connectivity index (χ0n) is 10.4. The zero-order valence-corrected chi connectivity index (χ0v) is 11.2. The highest BCUT2D eigenvalue weighted by atomic mass is 32.2. The SMILES string of the molecule is CC(C)C(C(C)C)C1NC(C)(C)CS1. The van der Waals surface area contributed by atoms with Crippen LogP contribution in [0, 0.1) is 17.8 Å². The van der Waals surface area contributed by atoms with Gasteiger partial charge in [0.2, 0.25) is 0 Å². The van der Waals surface area contributed by atoms with Crippen LogP contribution in [0.3, 0.4) is 0 Å². The van der Waals surface area contributed by atoms with Crippen LogP contribution in [0.2, 0.25) is 0 Å². The van der Waals surface area contributed by atoms with E-state index in [4.69, 9.17) is 0 Å². The monoisotopic (exact) mass is 215 g/mol. The van der Waals surface area contributed by atoms with Crippen molar-refractivity contribution in [3.63, 3.8) is 0 Å². The number of hydrogen-bond acceptors (Lipinski definition) is 2. The lowest BCUT2D eigenvalue weighted by Crippen LogP contribution is -2.44. The summed E-state index contributed by atoms with van der Waals surface area (Å²) in [4.78, 5) is 0. The van der Waals surface area contributed by atoms with Gasteiger partial charge < -0.3 is 0 Å². The fourth-order valence-electron chi connectivity index (χ4n) is 2.44. The van der Waals surface area contributed by atoms with Crippen molar-refractivity contribution in [1.29, 1.82) is 0 Å². The van der Waals surface area contributed by atoms with E-state index in [0.717, 1.165) is 17.8 Å². The number of nitrogens with one attached hydrogen (secondary N) is 1. The molecule has 1 heterocycles. The molecule has 0 aromatic carbocycles. The fraction of sp³-hybridized carbons (Fsp3) is 1.00. The van der Waals surface area contributed by atoms with Gasteiger partial charge >= 0.3 is 0 Å². The minimum absolute atomic E-state index is 0.331. The number of thioether (sulfide) groups is 1. The molecule has 0 aromatic rings. The first kappa shape index (κ1) is 12.4. The largest absolute Gasteiger partial charge is 0.299 e. The Balaban J connectivity index is 2.63. The van der Waals surface area contributed by atoms with E-state index in [-0.39, 0.29) is 0 Å². The van der Waals surface area contributed by atoms with Crippen molar-refractivity contribution in [2.24, 2.45) is 17.8 Å². The molecule has 1 N–H and O–H groups in total. The molecule has 1 saturated heterocycles. The van der Waals surface area contributed by atoms with E-state index in [1.807, 2.05) is 0 Å². The van der Waals surface area contributed by atoms with Gasteiger partial charge in [0.05, 0.1) is 5.37 Å². The molecule has 0 bridgehead atoms. The zero-order chi connectivity index (χ0) is 10.9. The van der Waals surface area contributed by atoms with E-state index in [9.17, 15) is 0 Å². The summed E-state index contributed by atoms with van der Waals surface area (Å²) in [5.41, 5.74) is 0.331. The van der Waals surface area contributed by atoms with E-state index >= 15 is 0 Å². The van der Waals surface area contributed by atoms with Gasteiger partial charge in [0.1, 0.15) is 0 Å². The maximum Gasteiger partial charge on any atom is 0.0570 e. The van der Waals surface area contributed by atoms with Gasteiger partial charge in [0.15, 0.2) is 0 Å². The smallest absolute Gasteiger partial charge is 0.0570 e. The van der Waals surface area contributed by atoms with Gasteiger partial charge in [-0.05, 0) is 31.6 Å². The van der Waals surface area contributed by atoms with Gasteiger partial charge in [-0.15, -0.1) is 11.8 Å². The van der Waals surface area contributed by atoms with Crippen molar-refractivity contribution in [3.05, 3.63) is 0 Å². The standard InChI is InChI=1S/C12H25NS/c1-8(2)10(9(3)4)11-13-12(5,6)7-14-11/h8-11,13H,7H2,1-6H3. The second-order valence-corrected chi connectivity index (χ2v) is 6.96. The summed E-state index contributed by atoms with van der Waals surface area (Å²) < 4.78 is 0. The topological polar surface area (TPSA) is 12.0 Å². The molecule has 0 amide bonds. The Labute approximate surface area is 93.4 Å². The molecule has 84 valence electrons. The minimum atomic E-state index is 0.331. The average Bonchev–Trinajstić information content (AvgIpc) is 2.28. The Bertz CT molecular complexity index is 179. The molecule has 1 unspecified atom stereocenters. The average molecular weight is 215 g/mol. The van der Waals surface area contributed by atoms with E-state index in [0.29, 0.717) is 10.9 Å². The lowest BCUT2D eigenvalue weighted by Gasteiger charge is -2.31.